The third kappa shape index (κ3) is 5.44. The fourth-order valence-electron chi connectivity index (χ4n) is 7.34. The molecule has 1 heteroatoms. The van der Waals surface area contributed by atoms with Crippen LogP contribution in [0.15, 0.2) is 127 Å². The molecule has 1 nitrogen and oxygen atoms in total. The van der Waals surface area contributed by atoms with E-state index in [1.54, 1.807) is 11.1 Å². The van der Waals surface area contributed by atoms with Gasteiger partial charge in [0.25, 0.3) is 0 Å². The molecule has 0 bridgehead atoms. The topological polar surface area (TPSA) is 3.24 Å². The van der Waals surface area contributed by atoms with E-state index < -0.39 is 0 Å². The molecule has 0 aliphatic heterocycles. The highest BCUT2D eigenvalue weighted by molar-refractivity contribution is 5.92. The molecule has 7 rings (SSSR count). The van der Waals surface area contributed by atoms with Crippen LogP contribution in [0.3, 0.4) is 0 Å². The van der Waals surface area contributed by atoms with Gasteiger partial charge in [-0.15, -0.1) is 0 Å². The Labute approximate surface area is 263 Å². The van der Waals surface area contributed by atoms with Gasteiger partial charge >= 0.3 is 0 Å². The Kier molecular flexibility index (Phi) is 7.79. The zero-order valence-corrected chi connectivity index (χ0v) is 26.2. The van der Waals surface area contributed by atoms with Crippen LogP contribution in [0.25, 0.3) is 22.3 Å². The summed E-state index contributed by atoms with van der Waals surface area (Å²) in [5.74, 6) is 0.325. The number of fused-ring (bicyclic) bond motifs is 1. The molecule has 218 valence electrons. The molecule has 0 saturated heterocycles. The summed E-state index contributed by atoms with van der Waals surface area (Å²) in [6.07, 6.45) is 10.9. The average molecular weight is 572 g/mol. The van der Waals surface area contributed by atoms with E-state index in [4.69, 9.17) is 0 Å². The fraction of sp³-hybridized carbons (Fsp3) is 0.209. The van der Waals surface area contributed by atoms with Crippen LogP contribution < -0.4 is 4.90 Å². The van der Waals surface area contributed by atoms with Crippen molar-refractivity contribution in [2.24, 2.45) is 0 Å². The third-order valence-electron chi connectivity index (χ3n) is 9.80. The molecule has 5 aromatic rings. The number of anilines is 2. The Hall–Kier alpha value is -4.62. The maximum absolute atomic E-state index is 2.48. The van der Waals surface area contributed by atoms with Crippen LogP contribution in [0.1, 0.15) is 64.1 Å². The molecule has 0 saturated carbocycles. The lowest BCUT2D eigenvalue weighted by molar-refractivity contribution is 0.682. The van der Waals surface area contributed by atoms with Gasteiger partial charge in [0.1, 0.15) is 0 Å². The van der Waals surface area contributed by atoms with Gasteiger partial charge in [0.2, 0.25) is 0 Å². The number of allylic oxidation sites excluding steroid dienone is 4. The summed E-state index contributed by atoms with van der Waals surface area (Å²) in [5.41, 5.74) is 17.6. The number of nitrogens with zero attached hydrogens (tertiary/aromatic N) is 1. The van der Waals surface area contributed by atoms with E-state index in [2.05, 4.69) is 153 Å². The SMILES string of the molecule is Cc1ccccc1N(C)c1cc(C2=CC(c3ccccc3)CC(c3ccccc3)=C2)ccc1-c1ccc2c(c1C)CCCC2. The van der Waals surface area contributed by atoms with Crippen molar-refractivity contribution in [2.75, 3.05) is 11.9 Å². The number of rotatable bonds is 6. The van der Waals surface area contributed by atoms with Crippen molar-refractivity contribution in [1.29, 1.82) is 0 Å². The van der Waals surface area contributed by atoms with Crippen LogP contribution >= 0.6 is 0 Å². The Morgan fingerprint density at radius 2 is 1.34 bits per heavy atom. The van der Waals surface area contributed by atoms with E-state index in [0.29, 0.717) is 5.92 Å². The lowest BCUT2D eigenvalue weighted by atomic mass is 9.81. The molecule has 44 heavy (non-hydrogen) atoms. The quantitative estimate of drug-likeness (QED) is 0.196. The fourth-order valence-corrected chi connectivity index (χ4v) is 7.34. The van der Waals surface area contributed by atoms with E-state index in [9.17, 15) is 0 Å². The summed E-state index contributed by atoms with van der Waals surface area (Å²) in [7, 11) is 2.23. The first-order chi connectivity index (χ1) is 21.6. The smallest absolute Gasteiger partial charge is 0.0494 e. The molecule has 0 radical (unpaired) electrons. The lowest BCUT2D eigenvalue weighted by Crippen LogP contribution is -2.13. The third-order valence-corrected chi connectivity index (χ3v) is 9.80. The summed E-state index contributed by atoms with van der Waals surface area (Å²) < 4.78 is 0. The molecule has 2 aliphatic rings. The van der Waals surface area contributed by atoms with Gasteiger partial charge in [-0.25, -0.2) is 0 Å². The first-order valence-corrected chi connectivity index (χ1v) is 16.1. The molecule has 0 aromatic heterocycles. The van der Waals surface area contributed by atoms with E-state index in [-0.39, 0.29) is 0 Å². The van der Waals surface area contributed by atoms with Gasteiger partial charge < -0.3 is 4.90 Å². The predicted octanol–water partition coefficient (Wildman–Crippen LogP) is 11.3. The normalized spacial score (nSPS) is 16.1. The van der Waals surface area contributed by atoms with Gasteiger partial charge in [-0.3, -0.25) is 0 Å². The minimum Gasteiger partial charge on any atom is -0.344 e. The summed E-state index contributed by atoms with van der Waals surface area (Å²) in [4.78, 5) is 2.40. The van der Waals surface area contributed by atoms with Crippen molar-refractivity contribution in [2.45, 2.75) is 51.9 Å². The molecule has 1 unspecified atom stereocenters. The van der Waals surface area contributed by atoms with Crippen molar-refractivity contribution in [3.05, 3.63) is 166 Å². The van der Waals surface area contributed by atoms with Gasteiger partial charge in [0.15, 0.2) is 0 Å². The monoisotopic (exact) mass is 571 g/mol. The molecule has 2 aliphatic carbocycles. The van der Waals surface area contributed by atoms with Gasteiger partial charge in [-0.1, -0.05) is 115 Å². The van der Waals surface area contributed by atoms with Crippen molar-refractivity contribution in [3.63, 3.8) is 0 Å². The van der Waals surface area contributed by atoms with E-state index in [1.807, 2.05) is 0 Å². The molecule has 0 heterocycles. The van der Waals surface area contributed by atoms with Gasteiger partial charge in [-0.05, 0) is 114 Å². The maximum atomic E-state index is 2.48. The minimum atomic E-state index is 0.325. The van der Waals surface area contributed by atoms with Crippen LogP contribution in [0.2, 0.25) is 0 Å². The van der Waals surface area contributed by atoms with Crippen LogP contribution in [0.5, 0.6) is 0 Å². The molecule has 0 N–H and O–H groups in total. The van der Waals surface area contributed by atoms with Crippen LogP contribution in [0.4, 0.5) is 11.4 Å². The van der Waals surface area contributed by atoms with E-state index >= 15 is 0 Å². The first-order valence-electron chi connectivity index (χ1n) is 16.1. The largest absolute Gasteiger partial charge is 0.344 e. The Balaban J connectivity index is 1.39. The summed E-state index contributed by atoms with van der Waals surface area (Å²) >= 11 is 0. The van der Waals surface area contributed by atoms with Gasteiger partial charge in [-0.2, -0.15) is 0 Å². The molecule has 0 amide bonds. The first kappa shape index (κ1) is 28.2. The summed E-state index contributed by atoms with van der Waals surface area (Å²) in [5, 5.41) is 0. The highest BCUT2D eigenvalue weighted by atomic mass is 15.1. The lowest BCUT2D eigenvalue weighted by Gasteiger charge is -2.28. The van der Waals surface area contributed by atoms with Crippen molar-refractivity contribution >= 4 is 22.5 Å². The number of para-hydroxylation sites is 1. The highest BCUT2D eigenvalue weighted by Crippen LogP contribution is 2.43. The Morgan fingerprint density at radius 3 is 2.14 bits per heavy atom. The van der Waals surface area contributed by atoms with Crippen LogP contribution in [-0.4, -0.2) is 7.05 Å². The summed E-state index contributed by atoms with van der Waals surface area (Å²) in [6.45, 7) is 4.55. The van der Waals surface area contributed by atoms with Gasteiger partial charge in [0.05, 0.1) is 0 Å². The van der Waals surface area contributed by atoms with Crippen molar-refractivity contribution < 1.29 is 0 Å². The molecule has 0 fully saturated rings. The second-order valence-corrected chi connectivity index (χ2v) is 12.5. The number of hydrogen-bond donors (Lipinski definition) is 0. The predicted molar refractivity (Wildman–Crippen MR) is 189 cm³/mol. The number of aryl methyl sites for hydroxylation is 2. The second-order valence-electron chi connectivity index (χ2n) is 12.5. The number of hydrogen-bond acceptors (Lipinski definition) is 1. The summed E-state index contributed by atoms with van der Waals surface area (Å²) in [6, 6.07) is 42.5. The average Bonchev–Trinajstić information content (AvgIpc) is 3.09. The molecule has 0 spiro atoms. The Bertz CT molecular complexity index is 1860. The van der Waals surface area contributed by atoms with E-state index in [1.165, 1.54) is 87.1 Å². The zero-order chi connectivity index (χ0) is 30.0. The Morgan fingerprint density at radius 1 is 0.636 bits per heavy atom. The highest BCUT2D eigenvalue weighted by Gasteiger charge is 2.22. The molecule has 5 aromatic carbocycles. The second kappa shape index (κ2) is 12.2. The van der Waals surface area contributed by atoms with Crippen molar-refractivity contribution in [1.82, 2.24) is 0 Å². The van der Waals surface area contributed by atoms with E-state index in [0.717, 1.165) is 6.42 Å². The van der Waals surface area contributed by atoms with Crippen LogP contribution in [0, 0.1) is 13.8 Å². The van der Waals surface area contributed by atoms with Crippen LogP contribution in [-0.2, 0) is 12.8 Å². The molecular weight excluding hydrogens is 530 g/mol. The standard InChI is InChI=1S/C43H41N/c1-30-14-10-13-21-42(30)44(3)43-29-35(23-25-41(43)40-24-22-34-19-11-12-20-39(34)31(40)2)38-27-36(32-15-6-4-7-16-32)26-37(28-38)33-17-8-5-9-18-33/h4-10,13-18,21-25,27-29,36H,11-12,19-20,26H2,1-3H3. The van der Waals surface area contributed by atoms with Gasteiger partial charge in [0, 0.05) is 29.9 Å². The molecule has 1 atom stereocenters. The minimum absolute atomic E-state index is 0.325. The molecular formula is C43H41N. The van der Waals surface area contributed by atoms with Crippen molar-refractivity contribution in [3.8, 4) is 11.1 Å². The number of benzene rings is 5. The zero-order valence-electron chi connectivity index (χ0n) is 26.2. The maximum Gasteiger partial charge on any atom is 0.0494 e.